The zero-order valence-corrected chi connectivity index (χ0v) is 11.5. The van der Waals surface area contributed by atoms with E-state index in [-0.39, 0.29) is 17.8 Å². The van der Waals surface area contributed by atoms with Crippen LogP contribution in [0.2, 0.25) is 0 Å². The van der Waals surface area contributed by atoms with E-state index in [1.165, 1.54) is 11.8 Å². The summed E-state index contributed by atoms with van der Waals surface area (Å²) in [7, 11) is 0. The van der Waals surface area contributed by atoms with Crippen LogP contribution in [0.4, 0.5) is 0 Å². The minimum atomic E-state index is -0.223. The van der Waals surface area contributed by atoms with Crippen molar-refractivity contribution in [3.8, 4) is 0 Å². The van der Waals surface area contributed by atoms with Crippen LogP contribution in [-0.4, -0.2) is 16.2 Å². The molecule has 0 aliphatic heterocycles. The second-order valence-electron chi connectivity index (χ2n) is 4.04. The van der Waals surface area contributed by atoms with Crippen LogP contribution in [0.15, 0.2) is 59.8 Å². The first-order chi connectivity index (χ1) is 9.25. The highest BCUT2D eigenvalue weighted by Crippen LogP contribution is 2.23. The van der Waals surface area contributed by atoms with Crippen LogP contribution in [0.5, 0.6) is 0 Å². The molecule has 0 aliphatic carbocycles. The van der Waals surface area contributed by atoms with Crippen molar-refractivity contribution in [2.75, 3.05) is 0 Å². The standard InChI is InChI=1S/C15H15NO2S/c1-12(19-14-7-3-2-4-8-14)15(17)18-11-13-6-5-9-16-10-13/h2-10,12H,11H2,1H3. The second-order valence-corrected chi connectivity index (χ2v) is 5.46. The van der Waals surface area contributed by atoms with Crippen LogP contribution in [0.1, 0.15) is 12.5 Å². The van der Waals surface area contributed by atoms with Crippen molar-refractivity contribution in [2.24, 2.45) is 0 Å². The van der Waals surface area contributed by atoms with Gasteiger partial charge in [0.25, 0.3) is 0 Å². The Bertz CT molecular complexity index is 516. The third-order valence-electron chi connectivity index (χ3n) is 2.49. The molecule has 1 unspecified atom stereocenters. The molecule has 2 aromatic rings. The van der Waals surface area contributed by atoms with Gasteiger partial charge in [-0.1, -0.05) is 24.3 Å². The molecule has 0 bridgehead atoms. The molecule has 1 atom stereocenters. The summed E-state index contributed by atoms with van der Waals surface area (Å²) in [4.78, 5) is 16.9. The Morgan fingerprint density at radius 2 is 2.05 bits per heavy atom. The highest BCUT2D eigenvalue weighted by atomic mass is 32.2. The van der Waals surface area contributed by atoms with Crippen LogP contribution >= 0.6 is 11.8 Å². The Morgan fingerprint density at radius 3 is 2.74 bits per heavy atom. The van der Waals surface area contributed by atoms with Gasteiger partial charge < -0.3 is 4.74 Å². The van der Waals surface area contributed by atoms with Crippen LogP contribution in [0.25, 0.3) is 0 Å². The van der Waals surface area contributed by atoms with Crippen molar-refractivity contribution in [3.63, 3.8) is 0 Å². The van der Waals surface area contributed by atoms with Gasteiger partial charge in [0.1, 0.15) is 11.9 Å². The fourth-order valence-corrected chi connectivity index (χ4v) is 2.39. The fraction of sp³-hybridized carbons (Fsp3) is 0.200. The maximum Gasteiger partial charge on any atom is 0.319 e. The Kier molecular flexibility index (Phi) is 4.98. The summed E-state index contributed by atoms with van der Waals surface area (Å²) in [6.07, 6.45) is 3.39. The number of ether oxygens (including phenoxy) is 1. The molecule has 0 saturated heterocycles. The Balaban J connectivity index is 1.83. The van der Waals surface area contributed by atoms with E-state index < -0.39 is 0 Å². The lowest BCUT2D eigenvalue weighted by atomic mass is 10.3. The summed E-state index contributed by atoms with van der Waals surface area (Å²) in [5.41, 5.74) is 0.896. The van der Waals surface area contributed by atoms with Gasteiger partial charge in [0.05, 0.1) is 0 Å². The van der Waals surface area contributed by atoms with Crippen LogP contribution in [0.3, 0.4) is 0 Å². The molecule has 0 radical (unpaired) electrons. The number of hydrogen-bond donors (Lipinski definition) is 0. The summed E-state index contributed by atoms with van der Waals surface area (Å²) in [5.74, 6) is -0.210. The largest absolute Gasteiger partial charge is 0.460 e. The number of hydrogen-bond acceptors (Lipinski definition) is 4. The third-order valence-corrected chi connectivity index (χ3v) is 3.58. The zero-order valence-electron chi connectivity index (χ0n) is 10.7. The first-order valence-corrected chi connectivity index (χ1v) is 6.91. The van der Waals surface area contributed by atoms with E-state index >= 15 is 0 Å². The molecule has 1 aromatic heterocycles. The van der Waals surface area contributed by atoms with Gasteiger partial charge in [-0.2, -0.15) is 0 Å². The monoisotopic (exact) mass is 273 g/mol. The number of pyridine rings is 1. The number of thioether (sulfide) groups is 1. The molecule has 98 valence electrons. The van der Waals surface area contributed by atoms with E-state index in [2.05, 4.69) is 4.98 Å². The predicted octanol–water partition coefficient (Wildman–Crippen LogP) is 3.31. The maximum atomic E-state index is 11.9. The van der Waals surface area contributed by atoms with E-state index in [1.807, 2.05) is 49.4 Å². The minimum Gasteiger partial charge on any atom is -0.460 e. The molecule has 0 aliphatic rings. The smallest absolute Gasteiger partial charge is 0.319 e. The normalized spacial score (nSPS) is 11.8. The van der Waals surface area contributed by atoms with Gasteiger partial charge in [-0.25, -0.2) is 0 Å². The molecular formula is C15H15NO2S. The average molecular weight is 273 g/mol. The molecule has 3 nitrogen and oxygen atoms in total. The van der Waals surface area contributed by atoms with E-state index in [1.54, 1.807) is 12.4 Å². The van der Waals surface area contributed by atoms with E-state index in [4.69, 9.17) is 4.74 Å². The zero-order chi connectivity index (χ0) is 13.5. The number of esters is 1. The van der Waals surface area contributed by atoms with E-state index in [0.29, 0.717) is 0 Å². The van der Waals surface area contributed by atoms with Crippen LogP contribution < -0.4 is 0 Å². The molecule has 19 heavy (non-hydrogen) atoms. The molecule has 0 N–H and O–H groups in total. The topological polar surface area (TPSA) is 39.2 Å². The molecule has 0 spiro atoms. The highest BCUT2D eigenvalue weighted by Gasteiger charge is 2.15. The summed E-state index contributed by atoms with van der Waals surface area (Å²) < 4.78 is 5.26. The number of carbonyl (C=O) groups is 1. The molecule has 0 amide bonds. The molecule has 1 aromatic carbocycles. The lowest BCUT2D eigenvalue weighted by molar-refractivity contribution is -0.143. The van der Waals surface area contributed by atoms with Gasteiger partial charge in [0.15, 0.2) is 0 Å². The summed E-state index contributed by atoms with van der Waals surface area (Å²) in [6, 6.07) is 13.5. The van der Waals surface area contributed by atoms with E-state index in [0.717, 1.165) is 10.5 Å². The molecule has 4 heteroatoms. The van der Waals surface area contributed by atoms with Crippen molar-refractivity contribution in [1.29, 1.82) is 0 Å². The predicted molar refractivity (Wildman–Crippen MR) is 75.8 cm³/mol. The molecule has 0 saturated carbocycles. The summed E-state index contributed by atoms with van der Waals surface area (Å²) >= 11 is 1.50. The maximum absolute atomic E-state index is 11.9. The van der Waals surface area contributed by atoms with Gasteiger partial charge in [0, 0.05) is 22.9 Å². The number of rotatable bonds is 5. The Labute approximate surface area is 117 Å². The summed E-state index contributed by atoms with van der Waals surface area (Å²) in [6.45, 7) is 2.12. The van der Waals surface area contributed by atoms with Crippen molar-refractivity contribution in [2.45, 2.75) is 23.7 Å². The van der Waals surface area contributed by atoms with Gasteiger partial charge in [-0.3, -0.25) is 9.78 Å². The van der Waals surface area contributed by atoms with Crippen LogP contribution in [0, 0.1) is 0 Å². The Hall–Kier alpha value is -1.81. The molecule has 2 rings (SSSR count). The summed E-state index contributed by atoms with van der Waals surface area (Å²) in [5, 5.41) is -0.223. The van der Waals surface area contributed by atoms with E-state index in [9.17, 15) is 4.79 Å². The van der Waals surface area contributed by atoms with Gasteiger partial charge in [0.2, 0.25) is 0 Å². The molecule has 1 heterocycles. The molecular weight excluding hydrogens is 258 g/mol. The number of nitrogens with zero attached hydrogens (tertiary/aromatic N) is 1. The van der Waals surface area contributed by atoms with Crippen molar-refractivity contribution < 1.29 is 9.53 Å². The van der Waals surface area contributed by atoms with Crippen molar-refractivity contribution >= 4 is 17.7 Å². The number of aromatic nitrogens is 1. The van der Waals surface area contributed by atoms with Gasteiger partial charge in [-0.15, -0.1) is 11.8 Å². The van der Waals surface area contributed by atoms with Crippen LogP contribution in [-0.2, 0) is 16.1 Å². The SMILES string of the molecule is CC(Sc1ccccc1)C(=O)OCc1cccnc1. The minimum absolute atomic E-state index is 0.210. The lowest BCUT2D eigenvalue weighted by Gasteiger charge is -2.11. The van der Waals surface area contributed by atoms with Crippen molar-refractivity contribution in [1.82, 2.24) is 4.98 Å². The molecule has 0 fully saturated rings. The third kappa shape index (κ3) is 4.41. The average Bonchev–Trinajstić information content (AvgIpc) is 2.47. The first kappa shape index (κ1) is 13.6. The highest BCUT2D eigenvalue weighted by molar-refractivity contribution is 8.00. The fourth-order valence-electron chi connectivity index (χ4n) is 1.51. The first-order valence-electron chi connectivity index (χ1n) is 6.03. The number of benzene rings is 1. The van der Waals surface area contributed by atoms with Crippen molar-refractivity contribution in [3.05, 3.63) is 60.4 Å². The number of carbonyl (C=O) groups excluding carboxylic acids is 1. The van der Waals surface area contributed by atoms with Gasteiger partial charge in [-0.05, 0) is 25.1 Å². The van der Waals surface area contributed by atoms with Gasteiger partial charge >= 0.3 is 5.97 Å². The lowest BCUT2D eigenvalue weighted by Crippen LogP contribution is -2.16. The quantitative estimate of drug-likeness (QED) is 0.619. The Morgan fingerprint density at radius 1 is 1.26 bits per heavy atom. The second kappa shape index (κ2) is 6.95.